The molecule has 0 fully saturated rings. The van der Waals surface area contributed by atoms with Crippen molar-refractivity contribution < 1.29 is 9.18 Å². The zero-order chi connectivity index (χ0) is 24.4. The van der Waals surface area contributed by atoms with Crippen LogP contribution in [0.25, 0.3) is 22.2 Å². The summed E-state index contributed by atoms with van der Waals surface area (Å²) in [6.45, 7) is 0.297. The quantitative estimate of drug-likeness (QED) is 0.320. The van der Waals surface area contributed by atoms with Crippen LogP contribution in [0.4, 0.5) is 16.0 Å². The predicted molar refractivity (Wildman–Crippen MR) is 135 cm³/mol. The predicted octanol–water partition coefficient (Wildman–Crippen LogP) is 5.00. The first-order valence-electron chi connectivity index (χ1n) is 10.7. The van der Waals surface area contributed by atoms with E-state index < -0.39 is 0 Å². The van der Waals surface area contributed by atoms with E-state index in [1.165, 1.54) is 12.1 Å². The van der Waals surface area contributed by atoms with Gasteiger partial charge >= 0.3 is 0 Å². The topological polar surface area (TPSA) is 97.6 Å². The maximum atomic E-state index is 13.3. The van der Waals surface area contributed by atoms with E-state index in [0.29, 0.717) is 28.8 Å². The van der Waals surface area contributed by atoms with E-state index in [4.69, 9.17) is 0 Å². The van der Waals surface area contributed by atoms with Gasteiger partial charge in [0.05, 0.1) is 12.2 Å². The van der Waals surface area contributed by atoms with Gasteiger partial charge in [0, 0.05) is 40.6 Å². The number of anilines is 2. The Morgan fingerprint density at radius 2 is 1.86 bits per heavy atom. The van der Waals surface area contributed by atoms with Crippen molar-refractivity contribution in [3.05, 3.63) is 94.7 Å². The van der Waals surface area contributed by atoms with Crippen molar-refractivity contribution in [2.45, 2.75) is 6.54 Å². The molecule has 0 atom stereocenters. The molecule has 0 radical (unpaired) electrons. The Bertz CT molecular complexity index is 1540. The molecule has 2 N–H and O–H groups in total. The molecule has 0 saturated heterocycles. The van der Waals surface area contributed by atoms with E-state index in [0.717, 1.165) is 15.7 Å². The van der Waals surface area contributed by atoms with Gasteiger partial charge in [-0.2, -0.15) is 10.1 Å². The Labute approximate surface area is 208 Å². The third-order valence-electron chi connectivity index (χ3n) is 5.40. The number of pyridine rings is 1. The van der Waals surface area contributed by atoms with Crippen LogP contribution < -0.4 is 10.6 Å². The van der Waals surface area contributed by atoms with Gasteiger partial charge < -0.3 is 10.6 Å². The van der Waals surface area contributed by atoms with E-state index >= 15 is 0 Å². The molecule has 2 aromatic carbocycles. The molecular weight excluding hydrogens is 513 g/mol. The van der Waals surface area contributed by atoms with Crippen molar-refractivity contribution in [2.24, 2.45) is 7.05 Å². The lowest BCUT2D eigenvalue weighted by atomic mass is 10.0. The number of carbonyl (C=O) groups excluding carboxylic acids is 1. The maximum absolute atomic E-state index is 13.3. The number of carbonyl (C=O) groups is 1. The van der Waals surface area contributed by atoms with Crippen LogP contribution in [0.3, 0.4) is 0 Å². The van der Waals surface area contributed by atoms with Crippen molar-refractivity contribution >= 4 is 44.5 Å². The highest BCUT2D eigenvalue weighted by atomic mass is 79.9. The third kappa shape index (κ3) is 4.87. The Morgan fingerprint density at radius 1 is 1.06 bits per heavy atom. The number of hydrogen-bond acceptors (Lipinski definition) is 6. The summed E-state index contributed by atoms with van der Waals surface area (Å²) in [5.41, 5.74) is 3.54. The Morgan fingerprint density at radius 3 is 2.60 bits per heavy atom. The molecule has 8 nitrogen and oxygen atoms in total. The van der Waals surface area contributed by atoms with Crippen molar-refractivity contribution in [1.29, 1.82) is 0 Å². The molecule has 0 unspecified atom stereocenters. The van der Waals surface area contributed by atoms with Gasteiger partial charge in [0.1, 0.15) is 11.5 Å². The molecule has 5 rings (SSSR count). The number of fused-ring (bicyclic) bond motifs is 1. The largest absolute Gasteiger partial charge is 0.345 e. The lowest BCUT2D eigenvalue weighted by Crippen LogP contribution is -2.25. The first kappa shape index (κ1) is 22.6. The van der Waals surface area contributed by atoms with E-state index in [9.17, 15) is 9.18 Å². The van der Waals surface area contributed by atoms with Crippen LogP contribution in [-0.2, 0) is 13.6 Å². The van der Waals surface area contributed by atoms with Crippen molar-refractivity contribution in [1.82, 2.24) is 30.0 Å². The fourth-order valence-electron chi connectivity index (χ4n) is 3.57. The minimum atomic E-state index is -0.342. The number of aryl methyl sites for hydroxylation is 1. The minimum Gasteiger partial charge on any atom is -0.345 e. The van der Waals surface area contributed by atoms with Crippen molar-refractivity contribution in [3.8, 4) is 11.1 Å². The van der Waals surface area contributed by atoms with E-state index in [1.807, 2.05) is 43.4 Å². The van der Waals surface area contributed by atoms with Gasteiger partial charge in [0.2, 0.25) is 5.95 Å². The first-order chi connectivity index (χ1) is 17.0. The third-order valence-corrected chi connectivity index (χ3v) is 6.09. The zero-order valence-electron chi connectivity index (χ0n) is 18.5. The number of benzene rings is 2. The lowest BCUT2D eigenvalue weighted by Gasteiger charge is -2.13. The number of nitrogens with one attached hydrogen (secondary N) is 2. The van der Waals surface area contributed by atoms with Gasteiger partial charge in [0.25, 0.3) is 5.91 Å². The molecule has 0 saturated carbocycles. The van der Waals surface area contributed by atoms with Crippen LogP contribution in [0, 0.1) is 5.82 Å². The first-order valence-corrected chi connectivity index (χ1v) is 11.5. The summed E-state index contributed by atoms with van der Waals surface area (Å²) < 4.78 is 15.7. The summed E-state index contributed by atoms with van der Waals surface area (Å²) in [6.07, 6.45) is 3.31. The standard InChI is InChI=1S/C25H19BrFN7O/c1-34-18(10-11-30-34)14-28-24(35)22-20(19-4-2-3-5-21(19)26)12-15-13-29-25(33-23(15)32-22)31-17-8-6-16(27)7-9-17/h2-13H,14H2,1H3,(H,28,35)(H,29,31,32,33). The summed E-state index contributed by atoms with van der Waals surface area (Å²) in [4.78, 5) is 26.8. The SMILES string of the molecule is Cn1nccc1CNC(=O)c1nc2nc(Nc3ccc(F)cc3)ncc2cc1-c1ccccc1Br. The normalized spacial score (nSPS) is 10.9. The highest BCUT2D eigenvalue weighted by molar-refractivity contribution is 9.10. The van der Waals surface area contributed by atoms with Gasteiger partial charge in [-0.3, -0.25) is 9.48 Å². The summed E-state index contributed by atoms with van der Waals surface area (Å²) in [6, 6.07) is 17.2. The summed E-state index contributed by atoms with van der Waals surface area (Å²) in [5, 5.41) is 10.8. The molecule has 3 heterocycles. The fraction of sp³-hybridized carbons (Fsp3) is 0.0800. The Hall–Kier alpha value is -4.18. The highest BCUT2D eigenvalue weighted by Gasteiger charge is 2.19. The molecule has 0 spiro atoms. The van der Waals surface area contributed by atoms with Crippen molar-refractivity contribution in [3.63, 3.8) is 0 Å². The maximum Gasteiger partial charge on any atom is 0.270 e. The molecule has 10 heteroatoms. The summed E-state index contributed by atoms with van der Waals surface area (Å²) in [5.74, 6) is -0.393. The molecule has 35 heavy (non-hydrogen) atoms. The fourth-order valence-corrected chi connectivity index (χ4v) is 4.07. The molecule has 5 aromatic rings. The highest BCUT2D eigenvalue weighted by Crippen LogP contribution is 2.32. The van der Waals surface area contributed by atoms with Crippen LogP contribution in [0.15, 0.2) is 77.5 Å². The Kier molecular flexibility index (Phi) is 6.19. The monoisotopic (exact) mass is 531 g/mol. The van der Waals surface area contributed by atoms with Crippen LogP contribution in [0.5, 0.6) is 0 Å². The Balaban J connectivity index is 1.54. The number of halogens is 2. The van der Waals surface area contributed by atoms with Crippen LogP contribution in [0.1, 0.15) is 16.2 Å². The minimum absolute atomic E-state index is 0.234. The number of hydrogen-bond donors (Lipinski definition) is 2. The average molecular weight is 532 g/mol. The number of amides is 1. The number of rotatable bonds is 6. The summed E-state index contributed by atoms with van der Waals surface area (Å²) >= 11 is 3.58. The number of aromatic nitrogens is 5. The zero-order valence-corrected chi connectivity index (χ0v) is 20.1. The molecule has 0 aliphatic rings. The van der Waals surface area contributed by atoms with Crippen LogP contribution >= 0.6 is 15.9 Å². The second kappa shape index (κ2) is 9.59. The van der Waals surface area contributed by atoms with Crippen molar-refractivity contribution in [2.75, 3.05) is 5.32 Å². The molecule has 0 aliphatic carbocycles. The van der Waals surface area contributed by atoms with Gasteiger partial charge in [-0.15, -0.1) is 0 Å². The second-order valence-electron chi connectivity index (χ2n) is 7.73. The molecule has 174 valence electrons. The average Bonchev–Trinajstić information content (AvgIpc) is 3.28. The van der Waals surface area contributed by atoms with E-state index in [1.54, 1.807) is 29.2 Å². The molecule has 1 amide bonds. The van der Waals surface area contributed by atoms with Gasteiger partial charge in [0.15, 0.2) is 5.65 Å². The van der Waals surface area contributed by atoms with Gasteiger partial charge in [-0.1, -0.05) is 34.1 Å². The smallest absolute Gasteiger partial charge is 0.270 e. The van der Waals surface area contributed by atoms with Crippen LogP contribution in [0.2, 0.25) is 0 Å². The van der Waals surface area contributed by atoms with Crippen LogP contribution in [-0.4, -0.2) is 30.6 Å². The molecular formula is C25H19BrFN7O. The lowest BCUT2D eigenvalue weighted by molar-refractivity contribution is 0.0946. The van der Waals surface area contributed by atoms with E-state index in [2.05, 4.69) is 46.6 Å². The number of nitrogens with zero attached hydrogens (tertiary/aromatic N) is 5. The van der Waals surface area contributed by atoms with Gasteiger partial charge in [-0.25, -0.2) is 14.4 Å². The van der Waals surface area contributed by atoms with Gasteiger partial charge in [-0.05, 0) is 48.0 Å². The van der Waals surface area contributed by atoms with E-state index in [-0.39, 0.29) is 23.4 Å². The summed E-state index contributed by atoms with van der Waals surface area (Å²) in [7, 11) is 1.81. The second-order valence-corrected chi connectivity index (χ2v) is 8.59. The molecule has 0 bridgehead atoms. The molecule has 3 aromatic heterocycles. The molecule has 0 aliphatic heterocycles.